The van der Waals surface area contributed by atoms with E-state index in [1.54, 1.807) is 0 Å². The van der Waals surface area contributed by atoms with Gasteiger partial charge in [-0.25, -0.2) is 0 Å². The minimum Gasteiger partial charge on any atom is -0.381 e. The lowest BCUT2D eigenvalue weighted by Gasteiger charge is -2.19. The quantitative estimate of drug-likeness (QED) is 0.845. The number of carbonyl (C=O) groups is 1. The van der Waals surface area contributed by atoms with Crippen LogP contribution in [0.25, 0.3) is 0 Å². The highest BCUT2D eigenvalue weighted by molar-refractivity contribution is 7.99. The third-order valence-corrected chi connectivity index (χ3v) is 4.46. The van der Waals surface area contributed by atoms with Crippen LogP contribution in [-0.4, -0.2) is 23.5 Å². The van der Waals surface area contributed by atoms with Gasteiger partial charge in [0.25, 0.3) is 0 Å². The number of aryl methyl sites for hydroxylation is 1. The van der Waals surface area contributed by atoms with Crippen molar-refractivity contribution in [3.8, 4) is 0 Å². The molecule has 1 unspecified atom stereocenters. The van der Waals surface area contributed by atoms with E-state index in [2.05, 4.69) is 22.8 Å². The van der Waals surface area contributed by atoms with E-state index >= 15 is 0 Å². The molecule has 0 radical (unpaired) electrons. The summed E-state index contributed by atoms with van der Waals surface area (Å²) in [6.07, 6.45) is 2.71. The summed E-state index contributed by atoms with van der Waals surface area (Å²) in [7, 11) is 0. The Morgan fingerprint density at radius 2 is 2.29 bits per heavy atom. The summed E-state index contributed by atoms with van der Waals surface area (Å²) >= 11 is 2.01. The molecule has 2 aliphatic heterocycles. The molecule has 0 aliphatic carbocycles. The molecule has 1 amide bonds. The molecule has 4 heteroatoms. The summed E-state index contributed by atoms with van der Waals surface area (Å²) < 4.78 is 0. The minimum atomic E-state index is 0.130. The fourth-order valence-electron chi connectivity index (χ4n) is 2.36. The molecule has 2 heterocycles. The van der Waals surface area contributed by atoms with E-state index in [0.29, 0.717) is 12.5 Å². The van der Waals surface area contributed by atoms with E-state index in [9.17, 15) is 4.79 Å². The van der Waals surface area contributed by atoms with Crippen molar-refractivity contribution in [3.63, 3.8) is 0 Å². The maximum absolute atomic E-state index is 11.3. The van der Waals surface area contributed by atoms with Gasteiger partial charge >= 0.3 is 0 Å². The number of hydrogen-bond donors (Lipinski definition) is 2. The predicted octanol–water partition coefficient (Wildman–Crippen LogP) is 2.49. The van der Waals surface area contributed by atoms with E-state index in [-0.39, 0.29) is 5.91 Å². The Morgan fingerprint density at radius 1 is 1.35 bits per heavy atom. The Bertz CT molecular complexity index is 441. The number of nitrogens with one attached hydrogen (secondary N) is 2. The molecule has 0 saturated carbocycles. The monoisotopic (exact) mass is 248 g/mol. The maximum Gasteiger partial charge on any atom is 0.224 e. The van der Waals surface area contributed by atoms with Crippen molar-refractivity contribution in [3.05, 3.63) is 23.8 Å². The van der Waals surface area contributed by atoms with Crippen LogP contribution < -0.4 is 10.6 Å². The van der Waals surface area contributed by atoms with Gasteiger partial charge < -0.3 is 10.6 Å². The number of fused-ring (bicyclic) bond motifs is 1. The second-order valence-corrected chi connectivity index (χ2v) is 5.77. The highest BCUT2D eigenvalue weighted by atomic mass is 32.2. The molecule has 1 fully saturated rings. The molecule has 3 rings (SSSR count). The van der Waals surface area contributed by atoms with Crippen LogP contribution in [0.2, 0.25) is 0 Å². The Labute approximate surface area is 105 Å². The van der Waals surface area contributed by atoms with Gasteiger partial charge in [0.05, 0.1) is 0 Å². The SMILES string of the molecule is O=C1CCc2cc(NC3CCSC3)ccc2N1. The van der Waals surface area contributed by atoms with Crippen LogP contribution in [0.15, 0.2) is 18.2 Å². The largest absolute Gasteiger partial charge is 0.381 e. The summed E-state index contributed by atoms with van der Waals surface area (Å²) in [6.45, 7) is 0. The smallest absolute Gasteiger partial charge is 0.224 e. The predicted molar refractivity (Wildman–Crippen MR) is 72.7 cm³/mol. The highest BCUT2D eigenvalue weighted by Gasteiger charge is 2.17. The Morgan fingerprint density at radius 3 is 3.12 bits per heavy atom. The molecule has 1 saturated heterocycles. The van der Waals surface area contributed by atoms with Gasteiger partial charge in [-0.1, -0.05) is 0 Å². The summed E-state index contributed by atoms with van der Waals surface area (Å²) in [5.41, 5.74) is 3.42. The fourth-order valence-corrected chi connectivity index (χ4v) is 3.51. The fraction of sp³-hybridized carbons (Fsp3) is 0.462. The first-order valence-corrected chi connectivity index (χ1v) is 7.24. The van der Waals surface area contributed by atoms with Gasteiger partial charge in [0.2, 0.25) is 5.91 Å². The first kappa shape index (κ1) is 11.0. The topological polar surface area (TPSA) is 41.1 Å². The van der Waals surface area contributed by atoms with Crippen LogP contribution in [0, 0.1) is 0 Å². The summed E-state index contributed by atoms with van der Waals surface area (Å²) in [5.74, 6) is 2.59. The van der Waals surface area contributed by atoms with Crippen LogP contribution in [0.3, 0.4) is 0 Å². The Hall–Kier alpha value is -1.16. The zero-order valence-corrected chi connectivity index (χ0v) is 10.5. The second-order valence-electron chi connectivity index (χ2n) is 4.62. The van der Waals surface area contributed by atoms with E-state index in [0.717, 1.165) is 12.1 Å². The van der Waals surface area contributed by atoms with E-state index < -0.39 is 0 Å². The van der Waals surface area contributed by atoms with Crippen LogP contribution in [0.1, 0.15) is 18.4 Å². The second kappa shape index (κ2) is 4.61. The number of benzene rings is 1. The summed E-state index contributed by atoms with van der Waals surface area (Å²) in [5, 5.41) is 6.48. The lowest BCUT2D eigenvalue weighted by molar-refractivity contribution is -0.116. The molecule has 0 aromatic heterocycles. The number of rotatable bonds is 2. The van der Waals surface area contributed by atoms with Crippen molar-refractivity contribution < 1.29 is 4.79 Å². The zero-order chi connectivity index (χ0) is 11.7. The van der Waals surface area contributed by atoms with Crippen molar-refractivity contribution in [2.45, 2.75) is 25.3 Å². The number of amides is 1. The molecule has 2 N–H and O–H groups in total. The van der Waals surface area contributed by atoms with Crippen LogP contribution in [-0.2, 0) is 11.2 Å². The molecule has 90 valence electrons. The zero-order valence-electron chi connectivity index (χ0n) is 9.66. The number of carbonyl (C=O) groups excluding carboxylic acids is 1. The summed E-state index contributed by atoms with van der Waals surface area (Å²) in [4.78, 5) is 11.3. The molecule has 2 aliphatic rings. The van der Waals surface area contributed by atoms with Crippen LogP contribution >= 0.6 is 11.8 Å². The van der Waals surface area contributed by atoms with Gasteiger partial charge in [-0.15, -0.1) is 0 Å². The van der Waals surface area contributed by atoms with Crippen molar-refractivity contribution in [1.29, 1.82) is 0 Å². The Balaban J connectivity index is 1.76. The molecule has 1 aromatic carbocycles. The van der Waals surface area contributed by atoms with E-state index in [1.165, 1.54) is 29.2 Å². The average molecular weight is 248 g/mol. The Kier molecular flexibility index (Phi) is 2.97. The maximum atomic E-state index is 11.3. The van der Waals surface area contributed by atoms with Gasteiger partial charge in [0.1, 0.15) is 0 Å². The molecule has 1 aromatic rings. The lowest BCUT2D eigenvalue weighted by atomic mass is 10.0. The highest BCUT2D eigenvalue weighted by Crippen LogP contribution is 2.27. The van der Waals surface area contributed by atoms with Gasteiger partial charge in [0, 0.05) is 29.6 Å². The van der Waals surface area contributed by atoms with E-state index in [1.807, 2.05) is 17.8 Å². The van der Waals surface area contributed by atoms with Gasteiger partial charge in [-0.05, 0) is 42.4 Å². The van der Waals surface area contributed by atoms with Crippen LogP contribution in [0.4, 0.5) is 11.4 Å². The first-order valence-electron chi connectivity index (χ1n) is 6.08. The number of thioether (sulfide) groups is 1. The average Bonchev–Trinajstić information content (AvgIpc) is 2.82. The lowest BCUT2D eigenvalue weighted by Crippen LogP contribution is -2.21. The normalized spacial score (nSPS) is 23.1. The third kappa shape index (κ3) is 2.41. The number of anilines is 2. The van der Waals surface area contributed by atoms with Gasteiger partial charge in [-0.2, -0.15) is 11.8 Å². The van der Waals surface area contributed by atoms with Crippen molar-refractivity contribution in [2.75, 3.05) is 22.1 Å². The van der Waals surface area contributed by atoms with Crippen molar-refractivity contribution >= 4 is 29.0 Å². The molecule has 0 bridgehead atoms. The minimum absolute atomic E-state index is 0.130. The molecule has 3 nitrogen and oxygen atoms in total. The molecule has 17 heavy (non-hydrogen) atoms. The van der Waals surface area contributed by atoms with E-state index in [4.69, 9.17) is 0 Å². The molecular formula is C13H16N2OS. The van der Waals surface area contributed by atoms with Gasteiger partial charge in [-0.3, -0.25) is 4.79 Å². The molecule has 0 spiro atoms. The van der Waals surface area contributed by atoms with Gasteiger partial charge in [0.15, 0.2) is 0 Å². The number of hydrogen-bond acceptors (Lipinski definition) is 3. The van der Waals surface area contributed by atoms with Crippen molar-refractivity contribution in [2.24, 2.45) is 0 Å². The molecular weight excluding hydrogens is 232 g/mol. The third-order valence-electron chi connectivity index (χ3n) is 3.30. The standard InChI is InChI=1S/C13H16N2OS/c16-13-4-1-9-7-10(2-3-12(9)15-13)14-11-5-6-17-8-11/h2-3,7,11,14H,1,4-6,8H2,(H,15,16). The first-order chi connectivity index (χ1) is 8.31. The van der Waals surface area contributed by atoms with Crippen LogP contribution in [0.5, 0.6) is 0 Å². The molecule has 1 atom stereocenters. The van der Waals surface area contributed by atoms with Crippen molar-refractivity contribution in [1.82, 2.24) is 0 Å². The summed E-state index contributed by atoms with van der Waals surface area (Å²) in [6, 6.07) is 6.86.